The van der Waals surface area contributed by atoms with E-state index in [9.17, 15) is 14.0 Å². The molecule has 1 heterocycles. The van der Waals surface area contributed by atoms with Crippen LogP contribution < -0.4 is 10.6 Å². The van der Waals surface area contributed by atoms with Gasteiger partial charge in [-0.1, -0.05) is 50.2 Å². The molecule has 5 nitrogen and oxygen atoms in total. The number of aromatic nitrogens is 1. The van der Waals surface area contributed by atoms with Gasteiger partial charge in [0.25, 0.3) is 0 Å². The van der Waals surface area contributed by atoms with Crippen LogP contribution >= 0.6 is 0 Å². The Hall–Kier alpha value is -3.15. The highest BCUT2D eigenvalue weighted by Crippen LogP contribution is 2.25. The summed E-state index contributed by atoms with van der Waals surface area (Å²) in [5, 5.41) is 6.63. The summed E-state index contributed by atoms with van der Waals surface area (Å²) in [5.74, 6) is -0.878. The first kappa shape index (κ1) is 20.6. The molecular weight excluding hydrogens is 369 g/mol. The normalized spacial score (nSPS) is 12.6. The van der Waals surface area contributed by atoms with Crippen LogP contribution in [0.1, 0.15) is 31.9 Å². The maximum absolute atomic E-state index is 14.2. The number of rotatable bonds is 7. The van der Waals surface area contributed by atoms with Crippen LogP contribution in [-0.2, 0) is 21.4 Å². The number of aromatic amines is 1. The first-order valence-electron chi connectivity index (χ1n) is 9.63. The molecule has 0 fully saturated rings. The van der Waals surface area contributed by atoms with Crippen molar-refractivity contribution in [2.45, 2.75) is 38.6 Å². The van der Waals surface area contributed by atoms with Gasteiger partial charge < -0.3 is 15.6 Å². The standard InChI is InChI=1S/C23H26FN3O2/c1-15(28)27-21(12-16-13-25-20-11-7-4-8-17(16)20)22(29)26-14-23(2,3)18-9-5-6-10-19(18)24/h4-11,13,21,25H,12,14H2,1-3H3,(H,26,29)(H,27,28). The Balaban J connectivity index is 1.74. The molecular formula is C23H26FN3O2. The molecule has 0 saturated carbocycles. The number of benzene rings is 2. The molecule has 1 aromatic heterocycles. The number of carbonyl (C=O) groups excluding carboxylic acids is 2. The molecule has 0 spiro atoms. The number of hydrogen-bond donors (Lipinski definition) is 3. The van der Waals surface area contributed by atoms with Crippen molar-refractivity contribution in [3.8, 4) is 0 Å². The number of para-hydroxylation sites is 1. The van der Waals surface area contributed by atoms with Gasteiger partial charge in [0, 0.05) is 42.4 Å². The average Bonchev–Trinajstić information content (AvgIpc) is 3.08. The zero-order chi connectivity index (χ0) is 21.0. The van der Waals surface area contributed by atoms with Crippen LogP contribution in [0.25, 0.3) is 10.9 Å². The van der Waals surface area contributed by atoms with E-state index >= 15 is 0 Å². The summed E-state index contributed by atoms with van der Waals surface area (Å²) in [6.07, 6.45) is 2.21. The fourth-order valence-electron chi connectivity index (χ4n) is 3.51. The Kier molecular flexibility index (Phi) is 6.01. The van der Waals surface area contributed by atoms with E-state index in [0.717, 1.165) is 16.5 Å². The van der Waals surface area contributed by atoms with Crippen molar-refractivity contribution in [3.05, 3.63) is 71.7 Å². The summed E-state index contributed by atoms with van der Waals surface area (Å²) in [7, 11) is 0. The zero-order valence-electron chi connectivity index (χ0n) is 16.9. The number of nitrogens with one attached hydrogen (secondary N) is 3. The summed E-state index contributed by atoms with van der Waals surface area (Å²) in [6, 6.07) is 13.6. The van der Waals surface area contributed by atoms with E-state index in [2.05, 4.69) is 15.6 Å². The molecule has 3 rings (SSSR count). The second-order valence-electron chi connectivity index (χ2n) is 7.90. The molecule has 1 unspecified atom stereocenters. The van der Waals surface area contributed by atoms with Crippen LogP contribution in [-0.4, -0.2) is 29.4 Å². The summed E-state index contributed by atoms with van der Waals surface area (Å²) < 4.78 is 14.2. The van der Waals surface area contributed by atoms with Crippen molar-refractivity contribution >= 4 is 22.7 Å². The molecule has 0 bridgehead atoms. The number of hydrogen-bond acceptors (Lipinski definition) is 2. The van der Waals surface area contributed by atoms with E-state index in [4.69, 9.17) is 0 Å². The summed E-state index contributed by atoms with van der Waals surface area (Å²) in [6.45, 7) is 5.38. The minimum Gasteiger partial charge on any atom is -0.361 e. The Bertz CT molecular complexity index is 1030. The van der Waals surface area contributed by atoms with Crippen LogP contribution in [0.4, 0.5) is 4.39 Å². The van der Waals surface area contributed by atoms with Crippen molar-refractivity contribution in [1.82, 2.24) is 15.6 Å². The maximum Gasteiger partial charge on any atom is 0.242 e. The third-order valence-electron chi connectivity index (χ3n) is 5.10. The smallest absolute Gasteiger partial charge is 0.242 e. The number of carbonyl (C=O) groups is 2. The quantitative estimate of drug-likeness (QED) is 0.573. The van der Waals surface area contributed by atoms with Gasteiger partial charge in [-0.2, -0.15) is 0 Å². The van der Waals surface area contributed by atoms with Gasteiger partial charge in [-0.05, 0) is 23.3 Å². The minimum absolute atomic E-state index is 0.247. The SMILES string of the molecule is CC(=O)NC(Cc1c[nH]c2ccccc12)C(=O)NCC(C)(C)c1ccccc1F. The first-order valence-corrected chi connectivity index (χ1v) is 9.63. The molecule has 1 atom stereocenters. The van der Waals surface area contributed by atoms with Crippen LogP contribution in [0.5, 0.6) is 0 Å². The second kappa shape index (κ2) is 8.47. The molecule has 0 radical (unpaired) electrons. The Morgan fingerprint density at radius 3 is 2.52 bits per heavy atom. The minimum atomic E-state index is -0.719. The lowest BCUT2D eigenvalue weighted by molar-refractivity contribution is -0.128. The van der Waals surface area contributed by atoms with E-state index in [-0.39, 0.29) is 24.2 Å². The Labute approximate surface area is 169 Å². The van der Waals surface area contributed by atoms with Crippen LogP contribution in [0.3, 0.4) is 0 Å². The largest absolute Gasteiger partial charge is 0.361 e. The second-order valence-corrected chi connectivity index (χ2v) is 7.90. The highest BCUT2D eigenvalue weighted by atomic mass is 19.1. The van der Waals surface area contributed by atoms with E-state index in [0.29, 0.717) is 12.0 Å². The van der Waals surface area contributed by atoms with Gasteiger partial charge >= 0.3 is 0 Å². The summed E-state index contributed by atoms with van der Waals surface area (Å²) in [5.41, 5.74) is 1.86. The molecule has 6 heteroatoms. The number of halogens is 1. The lowest BCUT2D eigenvalue weighted by Gasteiger charge is -2.27. The average molecular weight is 395 g/mol. The van der Waals surface area contributed by atoms with Gasteiger partial charge in [-0.25, -0.2) is 4.39 Å². The number of H-pyrrole nitrogens is 1. The fourth-order valence-corrected chi connectivity index (χ4v) is 3.51. The number of amides is 2. The molecule has 0 aliphatic rings. The van der Waals surface area contributed by atoms with Crippen LogP contribution in [0.2, 0.25) is 0 Å². The zero-order valence-corrected chi connectivity index (χ0v) is 16.9. The monoisotopic (exact) mass is 395 g/mol. The summed E-state index contributed by atoms with van der Waals surface area (Å²) >= 11 is 0. The third kappa shape index (κ3) is 4.83. The van der Waals surface area contributed by atoms with Gasteiger partial charge in [-0.3, -0.25) is 9.59 Å². The molecule has 0 aliphatic heterocycles. The molecule has 0 aliphatic carbocycles. The first-order chi connectivity index (χ1) is 13.8. The van der Waals surface area contributed by atoms with E-state index in [1.165, 1.54) is 13.0 Å². The Morgan fingerprint density at radius 2 is 1.79 bits per heavy atom. The predicted octanol–water partition coefficient (Wildman–Crippen LogP) is 3.45. The lowest BCUT2D eigenvalue weighted by atomic mass is 9.84. The molecule has 2 amide bonds. The molecule has 0 saturated heterocycles. The van der Waals surface area contributed by atoms with Gasteiger partial charge in [0.05, 0.1) is 0 Å². The van der Waals surface area contributed by atoms with Crippen molar-refractivity contribution in [2.75, 3.05) is 6.54 Å². The van der Waals surface area contributed by atoms with Gasteiger partial charge in [0.2, 0.25) is 11.8 Å². The molecule has 3 N–H and O–H groups in total. The topological polar surface area (TPSA) is 74.0 Å². The van der Waals surface area contributed by atoms with Crippen LogP contribution in [0.15, 0.2) is 54.7 Å². The lowest BCUT2D eigenvalue weighted by Crippen LogP contribution is -2.49. The summed E-state index contributed by atoms with van der Waals surface area (Å²) in [4.78, 5) is 27.7. The van der Waals surface area contributed by atoms with Crippen molar-refractivity contribution in [2.24, 2.45) is 0 Å². The highest BCUT2D eigenvalue weighted by Gasteiger charge is 2.27. The van der Waals surface area contributed by atoms with Crippen molar-refractivity contribution in [1.29, 1.82) is 0 Å². The Morgan fingerprint density at radius 1 is 1.10 bits per heavy atom. The molecule has 152 valence electrons. The highest BCUT2D eigenvalue weighted by molar-refractivity contribution is 5.89. The van der Waals surface area contributed by atoms with E-state index in [1.807, 2.05) is 44.3 Å². The van der Waals surface area contributed by atoms with E-state index in [1.54, 1.807) is 18.2 Å². The van der Waals surface area contributed by atoms with Crippen molar-refractivity contribution in [3.63, 3.8) is 0 Å². The molecule has 2 aromatic carbocycles. The molecule has 3 aromatic rings. The predicted molar refractivity (Wildman–Crippen MR) is 112 cm³/mol. The fraction of sp³-hybridized carbons (Fsp3) is 0.304. The van der Waals surface area contributed by atoms with Gasteiger partial charge in [0.1, 0.15) is 11.9 Å². The van der Waals surface area contributed by atoms with Gasteiger partial charge in [0.15, 0.2) is 0 Å². The van der Waals surface area contributed by atoms with Crippen molar-refractivity contribution < 1.29 is 14.0 Å². The number of fused-ring (bicyclic) bond motifs is 1. The molecule has 29 heavy (non-hydrogen) atoms. The van der Waals surface area contributed by atoms with E-state index < -0.39 is 11.5 Å². The van der Waals surface area contributed by atoms with Gasteiger partial charge in [-0.15, -0.1) is 0 Å². The van der Waals surface area contributed by atoms with Crippen LogP contribution in [0, 0.1) is 5.82 Å². The maximum atomic E-state index is 14.2. The third-order valence-corrected chi connectivity index (χ3v) is 5.10.